The minimum absolute atomic E-state index is 0.455. The normalized spacial score (nSPS) is 33.0. The molecule has 1 aliphatic heterocycles. The van der Waals surface area contributed by atoms with Crippen LogP contribution in [0.3, 0.4) is 0 Å². The van der Waals surface area contributed by atoms with Gasteiger partial charge in [0.1, 0.15) is 5.75 Å². The van der Waals surface area contributed by atoms with Gasteiger partial charge in [-0.3, -0.25) is 4.74 Å². The Bertz CT molecular complexity index is 274. The van der Waals surface area contributed by atoms with E-state index < -0.39 is 12.3 Å². The van der Waals surface area contributed by atoms with Crippen LogP contribution in [0.2, 0.25) is 0 Å². The van der Waals surface area contributed by atoms with Crippen LogP contribution in [-0.2, 0) is 4.74 Å². The third-order valence-electron chi connectivity index (χ3n) is 1.54. The van der Waals surface area contributed by atoms with Crippen molar-refractivity contribution in [3.8, 4) is 5.75 Å². The highest BCUT2D eigenvalue weighted by Gasteiger charge is 2.59. The van der Waals surface area contributed by atoms with Gasteiger partial charge in [-0.25, -0.2) is 0 Å². The van der Waals surface area contributed by atoms with Crippen molar-refractivity contribution in [2.45, 2.75) is 12.3 Å². The number of aliphatic hydroxyl groups is 2. The van der Waals surface area contributed by atoms with E-state index in [0.29, 0.717) is 5.75 Å². The van der Waals surface area contributed by atoms with Crippen LogP contribution in [0.25, 0.3) is 0 Å². The fourth-order valence-electron chi connectivity index (χ4n) is 0.858. The van der Waals surface area contributed by atoms with Gasteiger partial charge in [0.15, 0.2) is 0 Å². The van der Waals surface area contributed by atoms with E-state index in [9.17, 15) is 0 Å². The first-order chi connectivity index (χ1) is 5.71. The number of para-hydroxylation sites is 1. The van der Waals surface area contributed by atoms with Crippen molar-refractivity contribution in [1.29, 1.82) is 0 Å². The van der Waals surface area contributed by atoms with Crippen molar-refractivity contribution in [3.63, 3.8) is 0 Å². The number of hydrogen-bond acceptors (Lipinski definition) is 4. The average molecular weight is 168 g/mol. The van der Waals surface area contributed by atoms with Gasteiger partial charge in [0.25, 0.3) is 6.29 Å². The molecule has 0 aliphatic carbocycles. The molecule has 2 N–H and O–H groups in total. The van der Waals surface area contributed by atoms with E-state index in [4.69, 9.17) is 14.9 Å². The topological polar surface area (TPSA) is 62.2 Å². The fraction of sp³-hybridized carbons (Fsp3) is 0.250. The van der Waals surface area contributed by atoms with Gasteiger partial charge in [0, 0.05) is 0 Å². The molecule has 1 heterocycles. The van der Waals surface area contributed by atoms with Crippen LogP contribution >= 0.6 is 0 Å². The molecule has 2 unspecified atom stereocenters. The van der Waals surface area contributed by atoms with Gasteiger partial charge in [-0.1, -0.05) is 18.2 Å². The van der Waals surface area contributed by atoms with Gasteiger partial charge in [0.2, 0.25) is 0 Å². The Morgan fingerprint density at radius 3 is 2.42 bits per heavy atom. The fourth-order valence-corrected chi connectivity index (χ4v) is 0.858. The summed E-state index contributed by atoms with van der Waals surface area (Å²) >= 11 is 0. The third-order valence-corrected chi connectivity index (χ3v) is 1.54. The first kappa shape index (κ1) is 7.54. The molecule has 64 valence electrons. The smallest absolute Gasteiger partial charge is 0.381 e. The Morgan fingerprint density at radius 2 is 1.92 bits per heavy atom. The predicted molar refractivity (Wildman–Crippen MR) is 39.1 cm³/mol. The summed E-state index contributed by atoms with van der Waals surface area (Å²) in [5.74, 6) is -1.38. The van der Waals surface area contributed by atoms with Gasteiger partial charge >= 0.3 is 5.97 Å². The Kier molecular flexibility index (Phi) is 1.54. The lowest BCUT2D eigenvalue weighted by Gasteiger charge is -2.06. The molecule has 0 saturated carbocycles. The van der Waals surface area contributed by atoms with E-state index in [1.165, 1.54) is 0 Å². The van der Waals surface area contributed by atoms with E-state index >= 15 is 0 Å². The van der Waals surface area contributed by atoms with Crippen molar-refractivity contribution in [2.24, 2.45) is 0 Å². The summed E-state index contributed by atoms with van der Waals surface area (Å²) in [6.45, 7) is 0. The molecule has 0 radical (unpaired) electrons. The lowest BCUT2D eigenvalue weighted by Crippen LogP contribution is -2.22. The number of hydrogen-bond donors (Lipinski definition) is 2. The predicted octanol–water partition coefficient (Wildman–Crippen LogP) is 0.0601. The monoisotopic (exact) mass is 168 g/mol. The van der Waals surface area contributed by atoms with Gasteiger partial charge in [-0.2, -0.15) is 0 Å². The zero-order chi connectivity index (χ0) is 8.60. The molecule has 1 aliphatic rings. The van der Waals surface area contributed by atoms with Crippen molar-refractivity contribution >= 4 is 0 Å². The molecule has 1 fully saturated rings. The minimum Gasteiger partial charge on any atom is -0.435 e. The van der Waals surface area contributed by atoms with Gasteiger partial charge in [-0.05, 0) is 12.1 Å². The number of epoxide rings is 1. The lowest BCUT2D eigenvalue weighted by molar-refractivity contribution is -0.132. The van der Waals surface area contributed by atoms with E-state index in [0.717, 1.165) is 0 Å². The van der Waals surface area contributed by atoms with Crippen molar-refractivity contribution in [1.82, 2.24) is 0 Å². The SMILES string of the molecule is OC1OC1(O)Oc1ccccc1. The maximum Gasteiger partial charge on any atom is 0.381 e. The van der Waals surface area contributed by atoms with Crippen LogP contribution in [0, 0.1) is 0 Å². The van der Waals surface area contributed by atoms with Crippen LogP contribution < -0.4 is 4.74 Å². The summed E-state index contributed by atoms with van der Waals surface area (Å²) < 4.78 is 9.31. The molecular formula is C8H8O4. The first-order valence-corrected chi connectivity index (χ1v) is 3.53. The van der Waals surface area contributed by atoms with Crippen molar-refractivity contribution in [2.75, 3.05) is 0 Å². The van der Waals surface area contributed by atoms with Crippen LogP contribution in [-0.4, -0.2) is 22.5 Å². The van der Waals surface area contributed by atoms with E-state index in [-0.39, 0.29) is 0 Å². The molecule has 0 amide bonds. The van der Waals surface area contributed by atoms with Gasteiger partial charge in [0.05, 0.1) is 0 Å². The zero-order valence-electron chi connectivity index (χ0n) is 6.18. The third kappa shape index (κ3) is 1.27. The molecule has 1 saturated heterocycles. The Morgan fingerprint density at radius 1 is 1.33 bits per heavy atom. The molecule has 2 rings (SSSR count). The summed E-state index contributed by atoms with van der Waals surface area (Å²) in [7, 11) is 0. The molecule has 1 aromatic rings. The highest BCUT2D eigenvalue weighted by atomic mass is 17.0. The van der Waals surface area contributed by atoms with Crippen LogP contribution in [0.4, 0.5) is 0 Å². The number of ether oxygens (including phenoxy) is 2. The highest BCUT2D eigenvalue weighted by Crippen LogP contribution is 2.33. The molecule has 12 heavy (non-hydrogen) atoms. The molecule has 0 bridgehead atoms. The van der Waals surface area contributed by atoms with Crippen LogP contribution in [0.15, 0.2) is 30.3 Å². The summed E-state index contributed by atoms with van der Waals surface area (Å²) in [5.41, 5.74) is 0. The number of aliphatic hydroxyl groups excluding tert-OH is 1. The quantitative estimate of drug-likeness (QED) is 0.484. The summed E-state index contributed by atoms with van der Waals surface area (Å²) in [6, 6.07) is 8.65. The van der Waals surface area contributed by atoms with E-state index in [2.05, 4.69) is 4.74 Å². The number of benzene rings is 1. The summed E-state index contributed by atoms with van der Waals surface area (Å²) in [5, 5.41) is 17.9. The summed E-state index contributed by atoms with van der Waals surface area (Å²) in [4.78, 5) is 0. The molecular weight excluding hydrogens is 160 g/mol. The second kappa shape index (κ2) is 2.45. The Labute approximate surface area is 69.0 Å². The van der Waals surface area contributed by atoms with Crippen LogP contribution in [0.5, 0.6) is 5.75 Å². The minimum atomic E-state index is -1.83. The zero-order valence-corrected chi connectivity index (χ0v) is 6.18. The van der Waals surface area contributed by atoms with E-state index in [1.807, 2.05) is 6.07 Å². The van der Waals surface area contributed by atoms with Crippen molar-refractivity contribution in [3.05, 3.63) is 30.3 Å². The molecule has 4 nitrogen and oxygen atoms in total. The number of rotatable bonds is 2. The standard InChI is InChI=1S/C8H8O4/c9-7-8(10,12-7)11-6-4-2-1-3-5-6/h1-5,7,9-10H. The van der Waals surface area contributed by atoms with Crippen molar-refractivity contribution < 1.29 is 19.7 Å². The average Bonchev–Trinajstić information content (AvgIpc) is 2.61. The lowest BCUT2D eigenvalue weighted by atomic mass is 10.3. The maximum absolute atomic E-state index is 9.16. The highest BCUT2D eigenvalue weighted by molar-refractivity contribution is 5.21. The van der Waals surface area contributed by atoms with E-state index in [1.54, 1.807) is 24.3 Å². The molecule has 2 atom stereocenters. The maximum atomic E-state index is 9.16. The van der Waals surface area contributed by atoms with Gasteiger partial charge < -0.3 is 14.9 Å². The van der Waals surface area contributed by atoms with Gasteiger partial charge in [-0.15, -0.1) is 0 Å². The largest absolute Gasteiger partial charge is 0.435 e. The second-order valence-electron chi connectivity index (χ2n) is 2.52. The Balaban J connectivity index is 2.06. The first-order valence-electron chi connectivity index (χ1n) is 3.53. The molecule has 0 aromatic heterocycles. The molecule has 4 heteroatoms. The summed E-state index contributed by atoms with van der Waals surface area (Å²) in [6.07, 6.45) is -1.24. The second-order valence-corrected chi connectivity index (χ2v) is 2.52. The molecule has 1 aromatic carbocycles. The van der Waals surface area contributed by atoms with Crippen LogP contribution in [0.1, 0.15) is 0 Å². The Hall–Kier alpha value is -1.10. The molecule has 0 spiro atoms.